The first-order valence-corrected chi connectivity index (χ1v) is 10.1. The molecule has 0 fully saturated rings. The molecular formula is C24H19N7. The van der Waals surface area contributed by atoms with Crippen molar-refractivity contribution >= 4 is 21.8 Å². The Bertz CT molecular complexity index is 1550. The first kappa shape index (κ1) is 17.6. The van der Waals surface area contributed by atoms with Crippen molar-refractivity contribution in [2.45, 2.75) is 6.92 Å². The Balaban J connectivity index is 1.52. The van der Waals surface area contributed by atoms with E-state index in [4.69, 9.17) is 0 Å². The minimum absolute atomic E-state index is 0.862. The Morgan fingerprint density at radius 2 is 1.77 bits per heavy atom. The smallest absolute Gasteiger partial charge is 0.116 e. The number of nitrogens with zero attached hydrogens (tertiary/aromatic N) is 5. The number of fused-ring (bicyclic) bond motifs is 2. The summed E-state index contributed by atoms with van der Waals surface area (Å²) >= 11 is 0. The van der Waals surface area contributed by atoms with E-state index in [-0.39, 0.29) is 0 Å². The second-order valence-electron chi connectivity index (χ2n) is 7.60. The molecule has 0 bridgehead atoms. The number of hydrogen-bond acceptors (Lipinski definition) is 4. The van der Waals surface area contributed by atoms with Gasteiger partial charge in [0.15, 0.2) is 0 Å². The van der Waals surface area contributed by atoms with Gasteiger partial charge >= 0.3 is 0 Å². The van der Waals surface area contributed by atoms with Crippen molar-refractivity contribution in [2.75, 3.05) is 0 Å². The van der Waals surface area contributed by atoms with Crippen LogP contribution in [0.5, 0.6) is 0 Å². The number of H-pyrrole nitrogens is 2. The SMILES string of the molecule is Cc1ncc(-c2cc3c(-c4cc5c(-c6ccccn6)cccc5[nH]4)n[nH]c3cn2)n1C. The van der Waals surface area contributed by atoms with Crippen LogP contribution in [0.3, 0.4) is 0 Å². The van der Waals surface area contributed by atoms with E-state index in [0.29, 0.717) is 0 Å². The summed E-state index contributed by atoms with van der Waals surface area (Å²) in [5.41, 5.74) is 7.62. The van der Waals surface area contributed by atoms with Crippen LogP contribution in [0.25, 0.3) is 55.8 Å². The molecule has 0 saturated heterocycles. The van der Waals surface area contributed by atoms with E-state index in [0.717, 1.165) is 61.7 Å². The number of aromatic nitrogens is 7. The molecule has 5 heterocycles. The van der Waals surface area contributed by atoms with Gasteiger partial charge < -0.3 is 9.55 Å². The third kappa shape index (κ3) is 2.74. The lowest BCUT2D eigenvalue weighted by molar-refractivity contribution is 0.862. The fraction of sp³-hybridized carbons (Fsp3) is 0.0833. The molecule has 31 heavy (non-hydrogen) atoms. The fourth-order valence-corrected chi connectivity index (χ4v) is 4.03. The Labute approximate surface area is 177 Å². The molecule has 6 rings (SSSR count). The Morgan fingerprint density at radius 1 is 0.839 bits per heavy atom. The summed E-state index contributed by atoms with van der Waals surface area (Å²) in [5, 5.41) is 9.82. The third-order valence-corrected chi connectivity index (χ3v) is 5.79. The number of pyridine rings is 2. The first-order valence-electron chi connectivity index (χ1n) is 10.1. The zero-order chi connectivity index (χ0) is 20.9. The largest absolute Gasteiger partial charge is 0.353 e. The molecule has 5 aromatic heterocycles. The maximum atomic E-state index is 4.60. The molecule has 0 saturated carbocycles. The van der Waals surface area contributed by atoms with Gasteiger partial charge in [0.25, 0.3) is 0 Å². The molecule has 7 heteroatoms. The molecule has 0 spiro atoms. The summed E-state index contributed by atoms with van der Waals surface area (Å²) in [7, 11) is 2.00. The van der Waals surface area contributed by atoms with E-state index in [2.05, 4.69) is 54.4 Å². The molecule has 6 aromatic rings. The first-order chi connectivity index (χ1) is 15.2. The zero-order valence-corrected chi connectivity index (χ0v) is 17.1. The monoisotopic (exact) mass is 405 g/mol. The van der Waals surface area contributed by atoms with Crippen molar-refractivity contribution in [2.24, 2.45) is 7.05 Å². The summed E-state index contributed by atoms with van der Waals surface area (Å²) < 4.78 is 2.04. The van der Waals surface area contributed by atoms with Crippen LogP contribution >= 0.6 is 0 Å². The highest BCUT2D eigenvalue weighted by Gasteiger charge is 2.16. The highest BCUT2D eigenvalue weighted by Crippen LogP contribution is 2.34. The van der Waals surface area contributed by atoms with Crippen LogP contribution in [-0.4, -0.2) is 34.7 Å². The van der Waals surface area contributed by atoms with Crippen molar-refractivity contribution in [3.05, 3.63) is 72.9 Å². The van der Waals surface area contributed by atoms with Crippen LogP contribution in [0.15, 0.2) is 67.1 Å². The minimum Gasteiger partial charge on any atom is -0.353 e. The van der Waals surface area contributed by atoms with Gasteiger partial charge in [-0.25, -0.2) is 4.98 Å². The van der Waals surface area contributed by atoms with E-state index >= 15 is 0 Å². The summed E-state index contributed by atoms with van der Waals surface area (Å²) in [6.45, 7) is 1.98. The van der Waals surface area contributed by atoms with Crippen LogP contribution in [0.4, 0.5) is 0 Å². The number of aromatic amines is 2. The average molecular weight is 405 g/mol. The second-order valence-corrected chi connectivity index (χ2v) is 7.60. The normalized spacial score (nSPS) is 11.5. The summed E-state index contributed by atoms with van der Waals surface area (Å²) in [6.07, 6.45) is 5.49. The molecule has 0 amide bonds. The summed E-state index contributed by atoms with van der Waals surface area (Å²) in [5.74, 6) is 0.946. The maximum Gasteiger partial charge on any atom is 0.116 e. The van der Waals surface area contributed by atoms with Crippen molar-refractivity contribution in [1.29, 1.82) is 0 Å². The quantitative estimate of drug-likeness (QED) is 0.439. The number of benzene rings is 1. The molecule has 0 unspecified atom stereocenters. The van der Waals surface area contributed by atoms with Crippen LogP contribution in [0, 0.1) is 6.92 Å². The Hall–Kier alpha value is -4.26. The van der Waals surface area contributed by atoms with Crippen LogP contribution in [0.1, 0.15) is 5.82 Å². The van der Waals surface area contributed by atoms with Gasteiger partial charge in [-0.1, -0.05) is 18.2 Å². The Morgan fingerprint density at radius 3 is 2.58 bits per heavy atom. The lowest BCUT2D eigenvalue weighted by atomic mass is 10.1. The van der Waals surface area contributed by atoms with Crippen molar-refractivity contribution in [1.82, 2.24) is 34.7 Å². The standard InChI is InChI=1S/C24H19N7/c1-14-26-13-23(31(14)2)20-11-17-22(12-27-20)29-30-24(17)21-10-16-15(6-5-8-19(16)28-21)18-7-3-4-9-25-18/h3-13,28H,1-2H3,(H,29,30). The molecule has 0 aliphatic carbocycles. The molecule has 1 aromatic carbocycles. The predicted molar refractivity (Wildman–Crippen MR) is 121 cm³/mol. The number of aryl methyl sites for hydroxylation is 1. The molecule has 0 atom stereocenters. The van der Waals surface area contributed by atoms with Gasteiger partial charge in [-0.3, -0.25) is 15.1 Å². The number of rotatable bonds is 3. The van der Waals surface area contributed by atoms with Crippen LogP contribution in [-0.2, 0) is 7.05 Å². The van der Waals surface area contributed by atoms with Crippen LogP contribution < -0.4 is 0 Å². The Kier molecular flexibility index (Phi) is 3.76. The maximum absolute atomic E-state index is 4.60. The fourth-order valence-electron chi connectivity index (χ4n) is 4.03. The molecule has 0 radical (unpaired) electrons. The lowest BCUT2D eigenvalue weighted by Gasteiger charge is -2.03. The van der Waals surface area contributed by atoms with Crippen molar-refractivity contribution < 1.29 is 0 Å². The zero-order valence-electron chi connectivity index (χ0n) is 17.1. The molecular weight excluding hydrogens is 386 g/mol. The number of imidazole rings is 1. The van der Waals surface area contributed by atoms with E-state index in [9.17, 15) is 0 Å². The topological polar surface area (TPSA) is 88.1 Å². The molecule has 2 N–H and O–H groups in total. The van der Waals surface area contributed by atoms with Gasteiger partial charge in [0, 0.05) is 35.1 Å². The molecule has 150 valence electrons. The van der Waals surface area contributed by atoms with Gasteiger partial charge in [0.2, 0.25) is 0 Å². The van der Waals surface area contributed by atoms with Gasteiger partial charge in [0.1, 0.15) is 11.5 Å². The van der Waals surface area contributed by atoms with Gasteiger partial charge in [0.05, 0.1) is 40.7 Å². The van der Waals surface area contributed by atoms with Crippen molar-refractivity contribution in [3.63, 3.8) is 0 Å². The van der Waals surface area contributed by atoms with Gasteiger partial charge in [-0.05, 0) is 37.3 Å². The minimum atomic E-state index is 0.862. The predicted octanol–water partition coefficient (Wildman–Crippen LogP) is 4.88. The number of nitrogens with one attached hydrogen (secondary N) is 2. The van der Waals surface area contributed by atoms with E-state index in [1.165, 1.54) is 0 Å². The molecule has 7 nitrogen and oxygen atoms in total. The van der Waals surface area contributed by atoms with Gasteiger partial charge in [-0.15, -0.1) is 0 Å². The van der Waals surface area contributed by atoms with E-state index in [1.54, 1.807) is 0 Å². The van der Waals surface area contributed by atoms with Gasteiger partial charge in [-0.2, -0.15) is 5.10 Å². The highest BCUT2D eigenvalue weighted by atomic mass is 15.1. The second kappa shape index (κ2) is 6.63. The van der Waals surface area contributed by atoms with Crippen molar-refractivity contribution in [3.8, 4) is 34.0 Å². The van der Waals surface area contributed by atoms with E-state index < -0.39 is 0 Å². The van der Waals surface area contributed by atoms with E-state index in [1.807, 2.05) is 61.4 Å². The average Bonchev–Trinajstić information content (AvgIpc) is 3.50. The summed E-state index contributed by atoms with van der Waals surface area (Å²) in [4.78, 5) is 17.1. The number of hydrogen-bond donors (Lipinski definition) is 2. The molecule has 0 aliphatic rings. The third-order valence-electron chi connectivity index (χ3n) is 5.79. The molecule has 0 aliphatic heterocycles. The van der Waals surface area contributed by atoms with Crippen LogP contribution in [0.2, 0.25) is 0 Å². The highest BCUT2D eigenvalue weighted by molar-refractivity contribution is 6.01. The lowest BCUT2D eigenvalue weighted by Crippen LogP contribution is -1.95. The summed E-state index contributed by atoms with van der Waals surface area (Å²) in [6, 6.07) is 16.4.